The van der Waals surface area contributed by atoms with Crippen LogP contribution < -0.4 is 0 Å². The summed E-state index contributed by atoms with van der Waals surface area (Å²) in [6, 6.07) is 8.10. The number of carbonyl (C=O) groups is 2. The maximum absolute atomic E-state index is 14.9. The van der Waals surface area contributed by atoms with Gasteiger partial charge in [0.2, 0.25) is 5.91 Å². The van der Waals surface area contributed by atoms with Crippen LogP contribution in [0, 0.1) is 24.5 Å². The normalized spacial score (nSPS) is 22.5. The van der Waals surface area contributed by atoms with Crippen LogP contribution in [0.15, 0.2) is 36.4 Å². The van der Waals surface area contributed by atoms with Gasteiger partial charge < -0.3 is 10.0 Å². The van der Waals surface area contributed by atoms with Gasteiger partial charge in [0.05, 0.1) is 5.92 Å². The van der Waals surface area contributed by atoms with Crippen molar-refractivity contribution in [3.05, 3.63) is 69.7 Å². The van der Waals surface area contributed by atoms with Crippen molar-refractivity contribution in [2.45, 2.75) is 64.6 Å². The smallest absolute Gasteiger partial charge is 0.321 e. The summed E-state index contributed by atoms with van der Waals surface area (Å²) in [5, 5.41) is 10.7. The van der Waals surface area contributed by atoms with Gasteiger partial charge in [-0.3, -0.25) is 19.4 Å². The predicted octanol–water partition coefficient (Wildman–Crippen LogP) is 5.81. The molecule has 2 aliphatic heterocycles. The van der Waals surface area contributed by atoms with Crippen LogP contribution >= 0.6 is 36.4 Å². The molecule has 4 atom stereocenters. The minimum atomic E-state index is -0.903. The zero-order chi connectivity index (χ0) is 28.6. The first-order valence-corrected chi connectivity index (χ1v) is 13.9. The molecule has 2 aromatic rings. The fraction of sp³-hybridized carbons (Fsp3) is 0.533. The lowest BCUT2D eigenvalue weighted by atomic mass is 9.87. The van der Waals surface area contributed by atoms with Gasteiger partial charge in [-0.2, -0.15) is 0 Å². The standard InChI is InChI=1S/C30H38ClF2N3O3.2ClH/c1-18-12-21(31)7-6-20(18)13-27(29(38)39)34-10-11-36(19(2)15-34)28(37)25-17-35(30(3,4)5)16-24(25)23-9-8-22(32)14-26(23)33;;/h6-9,12,14,19,24-25,27H,10-11,13,15-17H2,1-5H3,(H,38,39);2*1H/t19-,24-,25+,27?;;/m0../s1. The molecule has 0 bridgehead atoms. The number of rotatable bonds is 6. The van der Waals surface area contributed by atoms with E-state index in [9.17, 15) is 23.5 Å². The number of carboxylic acids is 1. The quantitative estimate of drug-likeness (QED) is 0.435. The van der Waals surface area contributed by atoms with Crippen LogP contribution in [0.3, 0.4) is 0 Å². The Labute approximate surface area is 258 Å². The first-order chi connectivity index (χ1) is 18.3. The summed E-state index contributed by atoms with van der Waals surface area (Å²) in [4.78, 5) is 32.2. The van der Waals surface area contributed by atoms with Gasteiger partial charge in [-0.25, -0.2) is 8.78 Å². The molecule has 0 radical (unpaired) electrons. The van der Waals surface area contributed by atoms with Crippen molar-refractivity contribution in [2.75, 3.05) is 32.7 Å². The minimum Gasteiger partial charge on any atom is -0.480 e. The molecule has 0 aliphatic carbocycles. The van der Waals surface area contributed by atoms with Crippen LogP contribution in [0.4, 0.5) is 8.78 Å². The van der Waals surface area contributed by atoms with E-state index < -0.39 is 35.5 Å². The highest BCUT2D eigenvalue weighted by Crippen LogP contribution is 2.39. The van der Waals surface area contributed by atoms with Gasteiger partial charge in [0, 0.05) is 61.3 Å². The fourth-order valence-electron chi connectivity index (χ4n) is 6.00. The van der Waals surface area contributed by atoms with Crippen LogP contribution in [0.25, 0.3) is 0 Å². The van der Waals surface area contributed by atoms with Crippen molar-refractivity contribution in [1.29, 1.82) is 0 Å². The Morgan fingerprint density at radius 1 is 1.05 bits per heavy atom. The van der Waals surface area contributed by atoms with E-state index in [-0.39, 0.29) is 42.3 Å². The van der Waals surface area contributed by atoms with E-state index in [1.807, 2.05) is 35.8 Å². The maximum atomic E-state index is 14.9. The Balaban J connectivity index is 0.00000294. The Morgan fingerprint density at radius 2 is 1.73 bits per heavy atom. The number of halogens is 5. The van der Waals surface area contributed by atoms with Crippen LogP contribution in [0.1, 0.15) is 50.3 Å². The number of aryl methyl sites for hydroxylation is 1. The van der Waals surface area contributed by atoms with Gasteiger partial charge in [-0.1, -0.05) is 23.7 Å². The lowest BCUT2D eigenvalue weighted by Gasteiger charge is -2.43. The van der Waals surface area contributed by atoms with Crippen molar-refractivity contribution in [1.82, 2.24) is 14.7 Å². The van der Waals surface area contributed by atoms with E-state index >= 15 is 0 Å². The Hall–Kier alpha value is -1.97. The van der Waals surface area contributed by atoms with Gasteiger partial charge in [-0.05, 0) is 75.9 Å². The number of carbonyl (C=O) groups excluding carboxylic acids is 1. The second-order valence-electron chi connectivity index (χ2n) is 12.0. The Bertz CT molecular complexity index is 1240. The number of benzene rings is 2. The molecule has 1 N–H and O–H groups in total. The van der Waals surface area contributed by atoms with E-state index in [1.54, 1.807) is 6.07 Å². The van der Waals surface area contributed by atoms with Crippen molar-refractivity contribution >= 4 is 48.3 Å². The molecule has 1 unspecified atom stereocenters. The van der Waals surface area contributed by atoms with Gasteiger partial charge in [0.15, 0.2) is 0 Å². The van der Waals surface area contributed by atoms with Crippen molar-refractivity contribution in [3.63, 3.8) is 0 Å². The molecular formula is C30H40Cl3F2N3O3. The Morgan fingerprint density at radius 3 is 2.29 bits per heavy atom. The number of carboxylic acid groups (broad SMARTS) is 1. The lowest BCUT2D eigenvalue weighted by Crippen LogP contribution is -2.59. The van der Waals surface area contributed by atoms with Gasteiger partial charge in [-0.15, -0.1) is 24.8 Å². The third-order valence-corrected chi connectivity index (χ3v) is 8.57. The van der Waals surface area contributed by atoms with Crippen molar-refractivity contribution in [2.24, 2.45) is 5.92 Å². The summed E-state index contributed by atoms with van der Waals surface area (Å²) in [6.45, 7) is 12.2. The van der Waals surface area contributed by atoms with E-state index in [4.69, 9.17) is 11.6 Å². The number of piperazine rings is 1. The number of hydrogen-bond acceptors (Lipinski definition) is 4. The summed E-state index contributed by atoms with van der Waals surface area (Å²) in [5.41, 5.74) is 2.01. The second kappa shape index (κ2) is 14.0. The number of likely N-dealkylation sites (tertiary alicyclic amines) is 1. The van der Waals surface area contributed by atoms with Crippen LogP contribution in [-0.2, 0) is 16.0 Å². The lowest BCUT2D eigenvalue weighted by molar-refractivity contribution is -0.147. The van der Waals surface area contributed by atoms with Gasteiger partial charge in [0.1, 0.15) is 17.7 Å². The molecular weight excluding hydrogens is 595 g/mol. The maximum Gasteiger partial charge on any atom is 0.321 e. The van der Waals surface area contributed by atoms with Crippen LogP contribution in [-0.4, -0.2) is 82.0 Å². The van der Waals surface area contributed by atoms with E-state index in [2.05, 4.69) is 25.7 Å². The minimum absolute atomic E-state index is 0. The van der Waals surface area contributed by atoms with E-state index in [0.29, 0.717) is 49.7 Å². The zero-order valence-electron chi connectivity index (χ0n) is 24.1. The molecule has 1 amide bonds. The Kier molecular flexibility index (Phi) is 12.0. The van der Waals surface area contributed by atoms with E-state index in [0.717, 1.165) is 17.2 Å². The fourth-order valence-corrected chi connectivity index (χ4v) is 6.22. The van der Waals surface area contributed by atoms with Crippen LogP contribution in [0.2, 0.25) is 5.02 Å². The average Bonchev–Trinajstić information content (AvgIpc) is 3.29. The van der Waals surface area contributed by atoms with Crippen molar-refractivity contribution < 1.29 is 23.5 Å². The topological polar surface area (TPSA) is 64.1 Å². The molecule has 6 nitrogen and oxygen atoms in total. The summed E-state index contributed by atoms with van der Waals surface area (Å²) in [7, 11) is 0. The number of amides is 1. The molecule has 4 rings (SSSR count). The third-order valence-electron chi connectivity index (χ3n) is 8.33. The van der Waals surface area contributed by atoms with Crippen LogP contribution in [0.5, 0.6) is 0 Å². The first kappa shape index (κ1) is 35.2. The second-order valence-corrected chi connectivity index (χ2v) is 12.4. The predicted molar refractivity (Wildman–Crippen MR) is 162 cm³/mol. The molecule has 41 heavy (non-hydrogen) atoms. The molecule has 11 heteroatoms. The average molecular weight is 635 g/mol. The SMILES string of the molecule is Cc1cc(Cl)ccc1CC(C(=O)O)N1CCN(C(=O)[C@@H]2CN(C(C)(C)C)C[C@H]2c2ccc(F)cc2F)[C@@H](C)C1.Cl.Cl. The number of nitrogens with zero attached hydrogens (tertiary/aromatic N) is 3. The summed E-state index contributed by atoms with van der Waals surface area (Å²) in [6.07, 6.45) is 0.341. The number of aliphatic carboxylic acids is 1. The van der Waals surface area contributed by atoms with E-state index in [1.165, 1.54) is 12.1 Å². The van der Waals surface area contributed by atoms with Gasteiger partial charge in [0.25, 0.3) is 0 Å². The number of hydrogen-bond donors (Lipinski definition) is 1. The first-order valence-electron chi connectivity index (χ1n) is 13.5. The summed E-state index contributed by atoms with van der Waals surface area (Å²) < 4.78 is 28.5. The molecule has 2 aliphatic rings. The molecule has 2 aromatic carbocycles. The molecule has 0 saturated carbocycles. The highest BCUT2D eigenvalue weighted by atomic mass is 35.5. The summed E-state index contributed by atoms with van der Waals surface area (Å²) >= 11 is 6.08. The molecule has 0 spiro atoms. The molecule has 2 saturated heterocycles. The van der Waals surface area contributed by atoms with Gasteiger partial charge >= 0.3 is 5.97 Å². The highest BCUT2D eigenvalue weighted by molar-refractivity contribution is 6.30. The van der Waals surface area contributed by atoms with Crippen molar-refractivity contribution in [3.8, 4) is 0 Å². The molecule has 0 aromatic heterocycles. The molecule has 2 heterocycles. The summed E-state index contributed by atoms with van der Waals surface area (Å²) in [5.74, 6) is -3.13. The zero-order valence-corrected chi connectivity index (χ0v) is 26.5. The molecule has 2 fully saturated rings. The molecule has 228 valence electrons. The largest absolute Gasteiger partial charge is 0.480 e. The monoisotopic (exact) mass is 633 g/mol. The highest BCUT2D eigenvalue weighted by Gasteiger charge is 2.46. The third kappa shape index (κ3) is 7.90.